The minimum Gasteiger partial charge on any atom is -0.356 e. The van der Waals surface area contributed by atoms with Crippen molar-refractivity contribution in [2.24, 2.45) is 5.92 Å². The smallest absolute Gasteiger partial charge is 0.252 e. The summed E-state index contributed by atoms with van der Waals surface area (Å²) in [7, 11) is 0. The van der Waals surface area contributed by atoms with Crippen LogP contribution in [0.4, 0.5) is 0 Å². The Bertz CT molecular complexity index is 1050. The lowest BCUT2D eigenvalue weighted by atomic mass is 9.96. The maximum Gasteiger partial charge on any atom is 0.252 e. The molecule has 0 saturated carbocycles. The third-order valence-electron chi connectivity index (χ3n) is 5.88. The molecular weight excluding hydrogens is 434 g/mol. The summed E-state index contributed by atoms with van der Waals surface area (Å²) in [5.41, 5.74) is 4.14. The number of nitriles is 1. The molecule has 0 aliphatic heterocycles. The number of aromatic nitrogens is 1. The van der Waals surface area contributed by atoms with Crippen LogP contribution in [0.15, 0.2) is 59.1 Å². The van der Waals surface area contributed by atoms with Gasteiger partial charge in [-0.1, -0.05) is 109 Å². The molecule has 0 fully saturated rings. The summed E-state index contributed by atoms with van der Waals surface area (Å²) in [5, 5.41) is 15.2. The van der Waals surface area contributed by atoms with Gasteiger partial charge in [-0.05, 0) is 30.0 Å². The van der Waals surface area contributed by atoms with Crippen molar-refractivity contribution in [3.63, 3.8) is 0 Å². The van der Waals surface area contributed by atoms with Gasteiger partial charge in [0.2, 0.25) is 0 Å². The summed E-state index contributed by atoms with van der Waals surface area (Å²) >= 11 is 0. The Balaban J connectivity index is 0.000000963. The molecule has 1 N–H and O–H groups in total. The average Bonchev–Trinajstić information content (AvgIpc) is 3.38. The molecule has 5 heteroatoms. The Labute approximate surface area is 213 Å². The molecule has 3 aromatic rings. The summed E-state index contributed by atoms with van der Waals surface area (Å²) in [4.78, 5) is 12.0. The molecule has 35 heavy (non-hydrogen) atoms. The van der Waals surface area contributed by atoms with Gasteiger partial charge in [-0.25, -0.2) is 0 Å². The molecule has 3 rings (SSSR count). The van der Waals surface area contributed by atoms with Crippen LogP contribution in [0, 0.1) is 17.2 Å². The topological polar surface area (TPSA) is 78.9 Å². The van der Waals surface area contributed by atoms with Gasteiger partial charge in [0.15, 0.2) is 5.76 Å². The lowest BCUT2D eigenvalue weighted by molar-refractivity contribution is 0.0958. The lowest BCUT2D eigenvalue weighted by Gasteiger charge is -2.10. The fourth-order valence-electron chi connectivity index (χ4n) is 3.86. The fourth-order valence-corrected chi connectivity index (χ4v) is 3.86. The molecule has 0 spiro atoms. The van der Waals surface area contributed by atoms with E-state index in [-0.39, 0.29) is 21.3 Å². The average molecular weight is 478 g/mol. The van der Waals surface area contributed by atoms with Gasteiger partial charge in [-0.3, -0.25) is 4.79 Å². The number of nitrogens with one attached hydrogen (secondary N) is 1. The van der Waals surface area contributed by atoms with Crippen LogP contribution in [0.3, 0.4) is 0 Å². The molecule has 0 aliphatic carbocycles. The van der Waals surface area contributed by atoms with Crippen LogP contribution in [-0.2, 0) is 6.42 Å². The second-order valence-corrected chi connectivity index (χ2v) is 8.40. The Morgan fingerprint density at radius 3 is 2.29 bits per heavy atom. The van der Waals surface area contributed by atoms with Crippen molar-refractivity contribution >= 4 is 5.91 Å². The van der Waals surface area contributed by atoms with Gasteiger partial charge in [0.25, 0.3) is 5.91 Å². The van der Waals surface area contributed by atoms with Crippen molar-refractivity contribution in [1.82, 2.24) is 10.5 Å². The number of benzene rings is 2. The third-order valence-corrected chi connectivity index (χ3v) is 5.88. The van der Waals surface area contributed by atoms with Crippen LogP contribution in [-0.4, -0.2) is 17.6 Å². The minimum atomic E-state index is -0.290. The number of aryl methyl sites for hydroxylation is 1. The van der Waals surface area contributed by atoms with E-state index in [0.717, 1.165) is 23.5 Å². The Hall–Kier alpha value is -3.39. The molecule has 0 atom stereocenters. The van der Waals surface area contributed by atoms with Crippen molar-refractivity contribution in [3.05, 3.63) is 65.7 Å². The molecule has 190 valence electrons. The summed E-state index contributed by atoms with van der Waals surface area (Å²) in [6.45, 7) is 8.94. The van der Waals surface area contributed by atoms with Gasteiger partial charge in [-0.15, -0.1) is 0 Å². The second kappa shape index (κ2) is 16.3. The Morgan fingerprint density at radius 2 is 1.71 bits per heavy atom. The summed E-state index contributed by atoms with van der Waals surface area (Å²) in [5.74, 6) is 1.40. The maximum atomic E-state index is 12.0. The molecule has 1 heterocycles. The van der Waals surface area contributed by atoms with Crippen molar-refractivity contribution in [2.75, 3.05) is 6.54 Å². The zero-order chi connectivity index (χ0) is 24.8. The van der Waals surface area contributed by atoms with Crippen molar-refractivity contribution in [2.45, 2.75) is 73.6 Å². The first kappa shape index (κ1) is 29.6. The van der Waals surface area contributed by atoms with Crippen LogP contribution in [0.1, 0.15) is 84.6 Å². The van der Waals surface area contributed by atoms with E-state index >= 15 is 0 Å². The minimum absolute atomic E-state index is 0. The van der Waals surface area contributed by atoms with Crippen molar-refractivity contribution in [3.8, 4) is 28.7 Å². The first-order valence-electron chi connectivity index (χ1n) is 12.4. The van der Waals surface area contributed by atoms with Gasteiger partial charge >= 0.3 is 0 Å². The van der Waals surface area contributed by atoms with E-state index in [4.69, 9.17) is 9.78 Å². The summed E-state index contributed by atoms with van der Waals surface area (Å²) < 4.78 is 5.45. The van der Waals surface area contributed by atoms with Crippen molar-refractivity contribution < 1.29 is 10.7 Å². The van der Waals surface area contributed by atoms with Crippen molar-refractivity contribution in [1.29, 1.82) is 5.26 Å². The highest BCUT2D eigenvalue weighted by Crippen LogP contribution is 2.27. The second-order valence-electron chi connectivity index (χ2n) is 8.40. The van der Waals surface area contributed by atoms with Crippen LogP contribution < -0.4 is 5.32 Å². The molecule has 0 saturated heterocycles. The standard InChI is InChI=1S/C20H17N3O2.C9H20.CH4.H2/c1-2-14-6-8-15(9-7-14)19-13-18(23-25-19)16-4-3-5-17(12-16)20(24)22-11-10-21;1-4-7-9(6-3)8-5-2;;/h3-9,12-13H,2,11H2,1H3,(H,22,24);9H,4-8H2,1-3H3;1H4;1H. The van der Waals surface area contributed by atoms with Gasteiger partial charge in [0.1, 0.15) is 12.2 Å². The highest BCUT2D eigenvalue weighted by Gasteiger charge is 2.11. The van der Waals surface area contributed by atoms with E-state index in [1.807, 2.05) is 30.3 Å². The summed E-state index contributed by atoms with van der Waals surface area (Å²) in [6.07, 6.45) is 7.95. The number of rotatable bonds is 10. The molecule has 1 aromatic heterocycles. The quantitative estimate of drug-likeness (QED) is 0.298. The zero-order valence-electron chi connectivity index (χ0n) is 20.9. The normalized spacial score (nSPS) is 10.1. The van der Waals surface area contributed by atoms with Gasteiger partial charge in [0.05, 0.1) is 6.07 Å². The number of amides is 1. The molecule has 0 bridgehead atoms. The Morgan fingerprint density at radius 1 is 1.03 bits per heavy atom. The SMILES string of the molecule is C.CCCC(CC)CCC.CCc1ccc(-c2cc(-c3cccc(C(=O)NCC#N)c3)no2)cc1.[HH]. The van der Waals surface area contributed by atoms with Crippen LogP contribution in [0.25, 0.3) is 22.6 Å². The molecule has 1 amide bonds. The number of carbonyl (C=O) groups excluding carboxylic acids is 1. The number of carbonyl (C=O) groups is 1. The number of nitrogens with zero attached hydrogens (tertiary/aromatic N) is 2. The molecule has 0 aliphatic rings. The number of hydrogen-bond donors (Lipinski definition) is 1. The van der Waals surface area contributed by atoms with Crippen LogP contribution >= 0.6 is 0 Å². The molecular formula is C30H43N3O2. The monoisotopic (exact) mass is 477 g/mol. The summed E-state index contributed by atoms with van der Waals surface area (Å²) in [6, 6.07) is 19.0. The van der Waals surface area contributed by atoms with E-state index in [1.165, 1.54) is 37.7 Å². The first-order valence-corrected chi connectivity index (χ1v) is 12.4. The molecule has 5 nitrogen and oxygen atoms in total. The predicted octanol–water partition coefficient (Wildman–Crippen LogP) is 8.32. The first-order chi connectivity index (χ1) is 16.6. The predicted molar refractivity (Wildman–Crippen MR) is 147 cm³/mol. The van der Waals surface area contributed by atoms with Crippen LogP contribution in [0.5, 0.6) is 0 Å². The van der Waals surface area contributed by atoms with Gasteiger partial charge in [-0.2, -0.15) is 5.26 Å². The molecule has 2 aromatic carbocycles. The third kappa shape index (κ3) is 9.41. The fraction of sp³-hybridized carbons (Fsp3) is 0.433. The van der Waals surface area contributed by atoms with Gasteiger partial charge < -0.3 is 9.84 Å². The molecule has 0 radical (unpaired) electrons. The molecule has 0 unspecified atom stereocenters. The van der Waals surface area contributed by atoms with Gasteiger partial charge in [0, 0.05) is 24.2 Å². The van der Waals surface area contributed by atoms with Crippen LogP contribution in [0.2, 0.25) is 0 Å². The van der Waals surface area contributed by atoms with E-state index < -0.39 is 0 Å². The highest BCUT2D eigenvalue weighted by atomic mass is 16.5. The zero-order valence-corrected chi connectivity index (χ0v) is 20.9. The van der Waals surface area contributed by atoms with E-state index in [1.54, 1.807) is 18.2 Å². The van der Waals surface area contributed by atoms with E-state index in [9.17, 15) is 4.79 Å². The lowest BCUT2D eigenvalue weighted by Crippen LogP contribution is -2.23. The Kier molecular flexibility index (Phi) is 13.8. The highest BCUT2D eigenvalue weighted by molar-refractivity contribution is 5.95. The maximum absolute atomic E-state index is 12.0. The van der Waals surface area contributed by atoms with E-state index in [2.05, 4.69) is 50.3 Å². The number of hydrogen-bond acceptors (Lipinski definition) is 4. The van der Waals surface area contributed by atoms with E-state index in [0.29, 0.717) is 17.0 Å². The largest absolute Gasteiger partial charge is 0.356 e.